The molecule has 3 heterocycles. The first-order chi connectivity index (χ1) is 33.5. The number of aliphatic carboxylic acids is 3. The molecule has 3 aliphatic heterocycles. The van der Waals surface area contributed by atoms with E-state index in [2.05, 4.69) is 20.8 Å². The molecule has 0 saturated carbocycles. The van der Waals surface area contributed by atoms with Gasteiger partial charge in [-0.2, -0.15) is 0 Å². The Hall–Kier alpha value is -1.83. The van der Waals surface area contributed by atoms with Crippen LogP contribution in [0, 0.1) is 0 Å². The zero-order valence-corrected chi connectivity index (χ0v) is 44.8. The Morgan fingerprint density at radius 1 is 0.319 bits per heavy atom. The van der Waals surface area contributed by atoms with Crippen LogP contribution in [0.15, 0.2) is 0 Å². The second kappa shape index (κ2) is 49.7. The highest BCUT2D eigenvalue weighted by atomic mass is 16.6. The number of carbonyl (C=O) groups is 3. The summed E-state index contributed by atoms with van der Waals surface area (Å²) >= 11 is 0. The predicted octanol–water partition coefficient (Wildman–Crippen LogP) is 14.3. The van der Waals surface area contributed by atoms with Crippen molar-refractivity contribution in [2.45, 2.75) is 333 Å². The fourth-order valence-corrected chi connectivity index (χ4v) is 8.95. The average molecular weight is 987 g/mol. The Kier molecular flexibility index (Phi) is 48.4. The lowest BCUT2D eigenvalue weighted by Crippen LogP contribution is -2.15. The second-order valence-electron chi connectivity index (χ2n) is 20.4. The number of hydrogen-bond donors (Lipinski definition) is 6. The molecule has 12 nitrogen and oxygen atoms in total. The Labute approximate surface area is 422 Å². The molecule has 3 fully saturated rings. The zero-order chi connectivity index (χ0) is 51.0. The molecule has 3 saturated heterocycles. The Morgan fingerprint density at radius 2 is 0.493 bits per heavy atom. The van der Waals surface area contributed by atoms with E-state index < -0.39 is 24.0 Å². The van der Waals surface area contributed by atoms with Crippen LogP contribution in [0.25, 0.3) is 0 Å². The first-order valence-electron chi connectivity index (χ1n) is 29.0. The largest absolute Gasteiger partial charge is 0.481 e. The molecule has 0 radical (unpaired) electrons. The molecule has 0 bridgehead atoms. The molecule has 6 unspecified atom stereocenters. The molecule has 0 aliphatic carbocycles. The van der Waals surface area contributed by atoms with Crippen molar-refractivity contribution in [3.63, 3.8) is 0 Å². The normalized spacial score (nSPS) is 19.7. The minimum absolute atomic E-state index is 0.325. The number of carboxylic acid groups (broad SMARTS) is 3. The molecule has 0 aromatic carbocycles. The van der Waals surface area contributed by atoms with Crippen LogP contribution in [-0.4, -0.2) is 104 Å². The van der Waals surface area contributed by atoms with Gasteiger partial charge in [-0.1, -0.05) is 213 Å². The molecule has 0 aromatic heterocycles. The monoisotopic (exact) mass is 987 g/mol. The van der Waals surface area contributed by atoms with Crippen LogP contribution in [0.3, 0.4) is 0 Å². The molecule has 0 spiro atoms. The molecule has 6 atom stereocenters. The van der Waals surface area contributed by atoms with Crippen LogP contribution in [0.1, 0.15) is 290 Å². The summed E-state index contributed by atoms with van der Waals surface area (Å²) in [5.74, 6) is -2.00. The Bertz CT molecular complexity index is 1010. The summed E-state index contributed by atoms with van der Waals surface area (Å²) in [5, 5.41) is 49.6. The number of unbranched alkanes of at least 4 members (excludes halogenated alkanes) is 27. The average Bonchev–Trinajstić information content (AvgIpc) is 4.28. The van der Waals surface area contributed by atoms with Gasteiger partial charge in [-0.15, -0.1) is 0 Å². The Balaban J connectivity index is 0.000000946. The van der Waals surface area contributed by atoms with E-state index in [9.17, 15) is 14.4 Å². The van der Waals surface area contributed by atoms with E-state index in [0.29, 0.717) is 55.9 Å². The second-order valence-corrected chi connectivity index (χ2v) is 20.4. The number of ether oxygens (including phenoxy) is 3. The van der Waals surface area contributed by atoms with Gasteiger partial charge in [0.15, 0.2) is 0 Å². The van der Waals surface area contributed by atoms with Crippen molar-refractivity contribution in [3.05, 3.63) is 0 Å². The van der Waals surface area contributed by atoms with Gasteiger partial charge in [0, 0.05) is 19.3 Å². The van der Waals surface area contributed by atoms with Crippen molar-refractivity contribution >= 4 is 17.9 Å². The number of aliphatic hydroxyl groups excluding tert-OH is 3. The summed E-state index contributed by atoms with van der Waals surface area (Å²) in [6.07, 6.45) is 51.9. The molecular weight excluding hydrogens is 877 g/mol. The maximum Gasteiger partial charge on any atom is 0.303 e. The van der Waals surface area contributed by atoms with Crippen LogP contribution < -0.4 is 0 Å². The van der Waals surface area contributed by atoms with Gasteiger partial charge in [-0.3, -0.25) is 14.4 Å². The fourth-order valence-electron chi connectivity index (χ4n) is 8.95. The lowest BCUT2D eigenvalue weighted by atomic mass is 10.0. The van der Waals surface area contributed by atoms with E-state index in [1.54, 1.807) is 0 Å². The summed E-state index contributed by atoms with van der Waals surface area (Å²) in [7, 11) is 0. The van der Waals surface area contributed by atoms with Crippen LogP contribution >= 0.6 is 0 Å². The van der Waals surface area contributed by atoms with Crippen molar-refractivity contribution in [3.8, 4) is 0 Å². The molecule has 3 aliphatic rings. The third kappa shape index (κ3) is 49.5. The van der Waals surface area contributed by atoms with Crippen molar-refractivity contribution in [1.29, 1.82) is 0 Å². The molecule has 69 heavy (non-hydrogen) atoms. The standard InChI is InChI=1S/3C18H34O3.C3H8O3/c3*1-2-3-4-5-7-10-13-16-17(21-16)14-11-8-6-9-12-15-18(19)20;4-1-3(6)2-5/h3*16-17H,2-15H2,1H3,(H,19,20);3-6H,1-2H2. The first-order valence-corrected chi connectivity index (χ1v) is 29.0. The van der Waals surface area contributed by atoms with Gasteiger partial charge in [-0.05, 0) is 57.8 Å². The molecule has 6 N–H and O–H groups in total. The Morgan fingerprint density at radius 3 is 0.652 bits per heavy atom. The van der Waals surface area contributed by atoms with E-state index in [0.717, 1.165) is 38.5 Å². The number of carboxylic acids is 3. The van der Waals surface area contributed by atoms with Crippen molar-refractivity contribution in [2.24, 2.45) is 0 Å². The highest BCUT2D eigenvalue weighted by Crippen LogP contribution is 2.34. The van der Waals surface area contributed by atoms with E-state index >= 15 is 0 Å². The highest BCUT2D eigenvalue weighted by molar-refractivity contribution is 5.67. The lowest BCUT2D eigenvalue weighted by molar-refractivity contribution is -0.138. The predicted molar refractivity (Wildman–Crippen MR) is 280 cm³/mol. The van der Waals surface area contributed by atoms with Gasteiger partial charge in [0.25, 0.3) is 0 Å². The molecule has 3 rings (SSSR count). The van der Waals surface area contributed by atoms with Crippen molar-refractivity contribution < 1.29 is 59.2 Å². The number of hydrogen-bond acceptors (Lipinski definition) is 9. The van der Waals surface area contributed by atoms with Gasteiger partial charge >= 0.3 is 17.9 Å². The summed E-state index contributed by atoms with van der Waals surface area (Å²) in [6, 6.07) is 0. The molecule has 410 valence electrons. The van der Waals surface area contributed by atoms with Crippen molar-refractivity contribution in [2.75, 3.05) is 13.2 Å². The topological polar surface area (TPSA) is 210 Å². The van der Waals surface area contributed by atoms with E-state index in [-0.39, 0.29) is 13.2 Å². The summed E-state index contributed by atoms with van der Waals surface area (Å²) < 4.78 is 17.2. The summed E-state index contributed by atoms with van der Waals surface area (Å²) in [4.78, 5) is 31.1. The van der Waals surface area contributed by atoms with E-state index in [1.807, 2.05) is 0 Å². The molecular formula is C57H110O12. The van der Waals surface area contributed by atoms with Gasteiger partial charge in [0.2, 0.25) is 0 Å². The number of aliphatic hydroxyl groups is 3. The van der Waals surface area contributed by atoms with Gasteiger partial charge in [0.05, 0.1) is 49.8 Å². The minimum atomic E-state index is -0.954. The van der Waals surface area contributed by atoms with E-state index in [1.165, 1.54) is 212 Å². The van der Waals surface area contributed by atoms with Gasteiger partial charge in [-0.25, -0.2) is 0 Å². The molecule has 12 heteroatoms. The SMILES string of the molecule is CCCCCCCCC1OC1CCCCCCCC(=O)O.CCCCCCCCC1OC1CCCCCCCC(=O)O.CCCCCCCCC1OC1CCCCCCCC(=O)O.OCC(O)CO. The molecule has 0 aromatic rings. The maximum absolute atomic E-state index is 10.4. The van der Waals surface area contributed by atoms with Gasteiger partial charge in [0.1, 0.15) is 6.10 Å². The quantitative estimate of drug-likeness (QED) is 0.0248. The third-order valence-electron chi connectivity index (χ3n) is 13.6. The van der Waals surface area contributed by atoms with Crippen LogP contribution in [0.4, 0.5) is 0 Å². The summed E-state index contributed by atoms with van der Waals surface area (Å²) in [5.41, 5.74) is 0. The van der Waals surface area contributed by atoms with Crippen LogP contribution in [0.2, 0.25) is 0 Å². The smallest absolute Gasteiger partial charge is 0.303 e. The lowest BCUT2D eigenvalue weighted by Gasteiger charge is -2.00. The third-order valence-corrected chi connectivity index (χ3v) is 13.6. The zero-order valence-electron chi connectivity index (χ0n) is 44.8. The van der Waals surface area contributed by atoms with Crippen molar-refractivity contribution in [1.82, 2.24) is 0 Å². The van der Waals surface area contributed by atoms with Crippen LogP contribution in [-0.2, 0) is 28.6 Å². The van der Waals surface area contributed by atoms with Crippen LogP contribution in [0.5, 0.6) is 0 Å². The fraction of sp³-hybridized carbons (Fsp3) is 0.947. The van der Waals surface area contributed by atoms with Gasteiger partial charge < -0.3 is 44.8 Å². The number of rotatable bonds is 47. The minimum Gasteiger partial charge on any atom is -0.481 e. The molecule has 0 amide bonds. The number of epoxide rings is 3. The van der Waals surface area contributed by atoms with E-state index in [4.69, 9.17) is 44.8 Å². The summed E-state index contributed by atoms with van der Waals surface area (Å²) in [6.45, 7) is 6.05. The first kappa shape index (κ1) is 67.2. The highest BCUT2D eigenvalue weighted by Gasteiger charge is 2.38. The maximum atomic E-state index is 10.4.